The van der Waals surface area contributed by atoms with Crippen molar-refractivity contribution in [3.8, 4) is 0 Å². The van der Waals surface area contributed by atoms with Crippen LogP contribution in [-0.4, -0.2) is 115 Å². The minimum atomic E-state index is -0.795. The van der Waals surface area contributed by atoms with Crippen LogP contribution in [0.3, 0.4) is 0 Å². The Morgan fingerprint density at radius 1 is 0.310 bits per heavy atom. The van der Waals surface area contributed by atoms with E-state index in [1.165, 1.54) is 0 Å². The Morgan fingerprint density at radius 3 is 0.810 bits per heavy atom. The smallest absolute Gasteiger partial charge is 0.155 e. The molecule has 0 heterocycles. The first-order valence-electron chi connectivity index (χ1n) is 15.6. The van der Waals surface area contributed by atoms with Gasteiger partial charge >= 0.3 is 0 Å². The fourth-order valence-electron chi connectivity index (χ4n) is 4.23. The molecule has 0 fully saturated rings. The zero-order valence-electron chi connectivity index (χ0n) is 28.3. The largest absolute Gasteiger partial charge is 0.353 e. The van der Waals surface area contributed by atoms with E-state index in [4.69, 9.17) is 56.8 Å². The van der Waals surface area contributed by atoms with Crippen molar-refractivity contribution in [1.82, 2.24) is 0 Å². The molecular formula is C30H62O12. The molecule has 0 N–H and O–H groups in total. The Balaban J connectivity index is 6.73. The summed E-state index contributed by atoms with van der Waals surface area (Å²) in [7, 11) is 0. The van der Waals surface area contributed by atoms with Gasteiger partial charge in [0, 0.05) is 39.6 Å². The lowest BCUT2D eigenvalue weighted by atomic mass is 10.0. The monoisotopic (exact) mass is 614 g/mol. The van der Waals surface area contributed by atoms with Crippen LogP contribution in [0.15, 0.2) is 0 Å². The SMILES string of the molecule is CCOC(C)OCC(OC(C)OCC)C(OC(C)OCC)C(OC(C)OCC)C(COC(C)OCC)OC(C)OCC. The van der Waals surface area contributed by atoms with Crippen LogP contribution in [0.25, 0.3) is 0 Å². The molecule has 0 aromatic rings. The van der Waals surface area contributed by atoms with Gasteiger partial charge in [-0.25, -0.2) is 0 Å². The minimum absolute atomic E-state index is 0.106. The van der Waals surface area contributed by atoms with Gasteiger partial charge in [0.1, 0.15) is 24.4 Å². The summed E-state index contributed by atoms with van der Waals surface area (Å²) in [5, 5.41) is 0. The molecule has 0 aliphatic heterocycles. The Morgan fingerprint density at radius 2 is 0.548 bits per heavy atom. The van der Waals surface area contributed by atoms with Crippen molar-refractivity contribution >= 4 is 0 Å². The maximum absolute atomic E-state index is 6.53. The van der Waals surface area contributed by atoms with E-state index in [-0.39, 0.29) is 13.2 Å². The fourth-order valence-corrected chi connectivity index (χ4v) is 4.23. The van der Waals surface area contributed by atoms with Gasteiger partial charge in [0.15, 0.2) is 37.7 Å². The van der Waals surface area contributed by atoms with Gasteiger partial charge in [-0.1, -0.05) is 0 Å². The molecule has 254 valence electrons. The maximum atomic E-state index is 6.53. The second kappa shape index (κ2) is 25.8. The molecule has 0 spiro atoms. The normalized spacial score (nSPS) is 19.4. The lowest BCUT2D eigenvalue weighted by Crippen LogP contribution is -2.56. The molecule has 0 saturated carbocycles. The highest BCUT2D eigenvalue weighted by Gasteiger charge is 2.42. The van der Waals surface area contributed by atoms with Gasteiger partial charge < -0.3 is 56.8 Å². The molecule has 12 heteroatoms. The Bertz CT molecular complexity index is 551. The number of hydrogen-bond acceptors (Lipinski definition) is 12. The van der Waals surface area contributed by atoms with Crippen LogP contribution in [0.2, 0.25) is 0 Å². The van der Waals surface area contributed by atoms with E-state index in [2.05, 4.69) is 0 Å². The molecule has 0 aromatic carbocycles. The average molecular weight is 615 g/mol. The third-order valence-corrected chi connectivity index (χ3v) is 5.89. The third-order valence-electron chi connectivity index (χ3n) is 5.89. The Kier molecular flexibility index (Phi) is 25.5. The van der Waals surface area contributed by atoms with Crippen molar-refractivity contribution in [2.75, 3.05) is 52.9 Å². The van der Waals surface area contributed by atoms with Gasteiger partial charge in [-0.3, -0.25) is 0 Å². The summed E-state index contributed by atoms with van der Waals surface area (Å²) < 4.78 is 72.2. The van der Waals surface area contributed by atoms with Gasteiger partial charge in [0.05, 0.1) is 13.2 Å². The molecule has 12 nitrogen and oxygen atoms in total. The van der Waals surface area contributed by atoms with Gasteiger partial charge in [-0.2, -0.15) is 0 Å². The zero-order valence-corrected chi connectivity index (χ0v) is 28.3. The summed E-state index contributed by atoms with van der Waals surface area (Å²) in [6.45, 7) is 25.4. The van der Waals surface area contributed by atoms with E-state index in [0.29, 0.717) is 39.6 Å². The molecule has 42 heavy (non-hydrogen) atoms. The number of rotatable bonds is 29. The molecule has 0 rings (SSSR count). The molecule has 0 aliphatic carbocycles. The van der Waals surface area contributed by atoms with Crippen molar-refractivity contribution < 1.29 is 56.8 Å². The van der Waals surface area contributed by atoms with E-state index in [0.717, 1.165) is 0 Å². The predicted octanol–water partition coefficient (Wildman–Crippen LogP) is 4.86. The number of hydrogen-bond donors (Lipinski definition) is 0. The van der Waals surface area contributed by atoms with Crippen LogP contribution >= 0.6 is 0 Å². The predicted molar refractivity (Wildman–Crippen MR) is 158 cm³/mol. The van der Waals surface area contributed by atoms with Crippen molar-refractivity contribution in [2.45, 2.75) is 145 Å². The van der Waals surface area contributed by atoms with Crippen LogP contribution in [0.5, 0.6) is 0 Å². The minimum Gasteiger partial charge on any atom is -0.353 e. The fraction of sp³-hybridized carbons (Fsp3) is 1.00. The lowest BCUT2D eigenvalue weighted by molar-refractivity contribution is -0.307. The first kappa shape index (κ1) is 41.5. The van der Waals surface area contributed by atoms with Crippen LogP contribution in [0.1, 0.15) is 83.1 Å². The summed E-state index contributed by atoms with van der Waals surface area (Å²) >= 11 is 0. The molecular weight excluding hydrogens is 552 g/mol. The van der Waals surface area contributed by atoms with Crippen molar-refractivity contribution in [2.24, 2.45) is 0 Å². The number of ether oxygens (including phenoxy) is 12. The van der Waals surface area contributed by atoms with Gasteiger partial charge in [0.25, 0.3) is 0 Å². The van der Waals surface area contributed by atoms with Crippen molar-refractivity contribution in [3.05, 3.63) is 0 Å². The molecule has 0 aliphatic rings. The quantitative estimate of drug-likeness (QED) is 0.107. The van der Waals surface area contributed by atoms with Gasteiger partial charge in [-0.15, -0.1) is 0 Å². The molecule has 0 bridgehead atoms. The van der Waals surface area contributed by atoms with Crippen LogP contribution < -0.4 is 0 Å². The first-order chi connectivity index (χ1) is 20.1. The first-order valence-corrected chi connectivity index (χ1v) is 15.6. The van der Waals surface area contributed by atoms with Gasteiger partial charge in [0.2, 0.25) is 0 Å². The highest BCUT2D eigenvalue weighted by molar-refractivity contribution is 4.87. The second-order valence-corrected chi connectivity index (χ2v) is 9.35. The lowest BCUT2D eigenvalue weighted by Gasteiger charge is -2.41. The Hall–Kier alpha value is -0.480. The van der Waals surface area contributed by atoms with E-state index in [1.807, 2.05) is 83.1 Å². The summed E-state index contributed by atoms with van der Waals surface area (Å²) in [5.41, 5.74) is 0. The van der Waals surface area contributed by atoms with Crippen LogP contribution in [0, 0.1) is 0 Å². The molecule has 0 saturated heterocycles. The molecule has 0 aromatic heterocycles. The van der Waals surface area contributed by atoms with Crippen molar-refractivity contribution in [1.29, 1.82) is 0 Å². The van der Waals surface area contributed by atoms with Crippen LogP contribution in [0.4, 0.5) is 0 Å². The molecule has 10 unspecified atom stereocenters. The maximum Gasteiger partial charge on any atom is 0.155 e. The molecule has 0 amide bonds. The summed E-state index contributed by atoms with van der Waals surface area (Å²) in [4.78, 5) is 0. The molecule has 0 radical (unpaired) electrons. The second-order valence-electron chi connectivity index (χ2n) is 9.35. The van der Waals surface area contributed by atoms with E-state index in [9.17, 15) is 0 Å². The summed E-state index contributed by atoms with van der Waals surface area (Å²) in [6.07, 6.45) is -6.30. The highest BCUT2D eigenvalue weighted by Crippen LogP contribution is 2.25. The highest BCUT2D eigenvalue weighted by atomic mass is 16.8. The van der Waals surface area contributed by atoms with E-state index in [1.54, 1.807) is 0 Å². The van der Waals surface area contributed by atoms with Crippen molar-refractivity contribution in [3.63, 3.8) is 0 Å². The van der Waals surface area contributed by atoms with Gasteiger partial charge in [-0.05, 0) is 83.1 Å². The van der Waals surface area contributed by atoms with E-state index >= 15 is 0 Å². The van der Waals surface area contributed by atoms with E-state index < -0.39 is 62.2 Å². The van der Waals surface area contributed by atoms with Crippen LogP contribution in [-0.2, 0) is 56.8 Å². The summed E-state index contributed by atoms with van der Waals surface area (Å²) in [5.74, 6) is 0. The zero-order chi connectivity index (χ0) is 31.9. The Labute approximate surface area is 255 Å². The average Bonchev–Trinajstić information content (AvgIpc) is 2.92. The standard InChI is InChI=1S/C30H62O12/c1-13-31-21(7)37-19-27(39-23(9)33-15-3)29(41-25(11)35-17-5)30(42-26(12)36-18-6)28(40-24(10)34-16-4)20-38-22(8)32-14-2/h21-30H,13-20H2,1-12H3. The third kappa shape index (κ3) is 19.0. The topological polar surface area (TPSA) is 111 Å². The molecule has 10 atom stereocenters. The summed E-state index contributed by atoms with van der Waals surface area (Å²) in [6, 6.07) is 0.